The number of tetrazole rings is 1. The van der Waals surface area contributed by atoms with Crippen LogP contribution in [0.15, 0.2) is 5.16 Å². The van der Waals surface area contributed by atoms with Gasteiger partial charge in [0, 0.05) is 12.6 Å². The summed E-state index contributed by atoms with van der Waals surface area (Å²) in [5.41, 5.74) is 5.70. The largest absolute Gasteiger partial charge is 0.324 e. The normalized spacial score (nSPS) is 11.5. The summed E-state index contributed by atoms with van der Waals surface area (Å²) < 4.78 is 3.92. The Morgan fingerprint density at radius 3 is 2.67 bits per heavy atom. The highest BCUT2D eigenvalue weighted by Gasteiger charge is 2.15. The highest BCUT2D eigenvalue weighted by atomic mass is 32.2. The van der Waals surface area contributed by atoms with Gasteiger partial charge in [0.2, 0.25) is 0 Å². The van der Waals surface area contributed by atoms with Crippen LogP contribution in [0.25, 0.3) is 0 Å². The number of unbranched alkanes of at least 4 members (excludes halogenated alkanes) is 1. The van der Waals surface area contributed by atoms with Crippen LogP contribution in [0.4, 0.5) is 0 Å². The van der Waals surface area contributed by atoms with E-state index >= 15 is 0 Å². The monoisotopic (exact) mass is 310 g/mol. The van der Waals surface area contributed by atoms with Crippen molar-refractivity contribution in [1.29, 1.82) is 0 Å². The van der Waals surface area contributed by atoms with Gasteiger partial charge in [-0.25, -0.2) is 4.68 Å². The molecule has 0 aliphatic carbocycles. The van der Waals surface area contributed by atoms with Gasteiger partial charge in [0.1, 0.15) is 5.82 Å². The van der Waals surface area contributed by atoms with E-state index in [2.05, 4.69) is 51.1 Å². The van der Waals surface area contributed by atoms with Crippen LogP contribution in [0.5, 0.6) is 0 Å². The molecule has 0 amide bonds. The number of thioether (sulfide) groups is 1. The molecule has 0 saturated heterocycles. The third-order valence-electron chi connectivity index (χ3n) is 3.09. The predicted octanol–water partition coefficient (Wildman–Crippen LogP) is 1.40. The quantitative estimate of drug-likeness (QED) is 0.735. The Hall–Kier alpha value is -1.48. The zero-order chi connectivity index (χ0) is 15.2. The Bertz CT molecular complexity index is 561. The minimum Gasteiger partial charge on any atom is -0.324 e. The van der Waals surface area contributed by atoms with Gasteiger partial charge >= 0.3 is 0 Å². The molecular formula is C12H22N8S. The van der Waals surface area contributed by atoms with Crippen LogP contribution in [-0.4, -0.2) is 35.0 Å². The van der Waals surface area contributed by atoms with Crippen molar-refractivity contribution >= 4 is 11.8 Å². The van der Waals surface area contributed by atoms with Crippen molar-refractivity contribution in [2.24, 2.45) is 5.73 Å². The fourth-order valence-corrected chi connectivity index (χ4v) is 3.02. The van der Waals surface area contributed by atoms with Crippen LogP contribution in [0.1, 0.15) is 51.3 Å². The molecule has 0 fully saturated rings. The number of hydrogen-bond acceptors (Lipinski definition) is 7. The van der Waals surface area contributed by atoms with E-state index in [9.17, 15) is 0 Å². The molecule has 116 valence electrons. The second kappa shape index (κ2) is 7.51. The smallest absolute Gasteiger partial charge is 0.191 e. The van der Waals surface area contributed by atoms with Gasteiger partial charge in [-0.3, -0.25) is 0 Å². The highest BCUT2D eigenvalue weighted by Crippen LogP contribution is 2.24. The van der Waals surface area contributed by atoms with E-state index in [1.165, 1.54) is 0 Å². The first kappa shape index (κ1) is 15.9. The van der Waals surface area contributed by atoms with Crippen molar-refractivity contribution < 1.29 is 0 Å². The maximum Gasteiger partial charge on any atom is 0.191 e. The number of aromatic nitrogens is 7. The van der Waals surface area contributed by atoms with Crippen LogP contribution in [-0.2, 0) is 18.8 Å². The summed E-state index contributed by atoms with van der Waals surface area (Å²) in [5.74, 6) is 2.34. The van der Waals surface area contributed by atoms with Gasteiger partial charge in [-0.1, -0.05) is 25.1 Å². The fourth-order valence-electron chi connectivity index (χ4n) is 2.00. The number of hydrogen-bond donors (Lipinski definition) is 1. The van der Waals surface area contributed by atoms with Crippen LogP contribution >= 0.6 is 11.8 Å². The number of rotatable bonds is 8. The van der Waals surface area contributed by atoms with Gasteiger partial charge in [-0.15, -0.1) is 15.3 Å². The molecule has 21 heavy (non-hydrogen) atoms. The lowest BCUT2D eigenvalue weighted by Crippen LogP contribution is -2.11. The Morgan fingerprint density at radius 1 is 1.19 bits per heavy atom. The minimum atomic E-state index is 0.275. The molecule has 2 rings (SSSR count). The molecule has 8 nitrogen and oxygen atoms in total. The van der Waals surface area contributed by atoms with Crippen molar-refractivity contribution in [3.63, 3.8) is 0 Å². The first-order valence-corrected chi connectivity index (χ1v) is 8.17. The average Bonchev–Trinajstić information content (AvgIpc) is 3.08. The third kappa shape index (κ3) is 3.79. The molecule has 0 radical (unpaired) electrons. The SMILES string of the molecule is CCCCn1nnnc1CSc1nnc(CN)n1C(C)C. The van der Waals surface area contributed by atoms with Gasteiger partial charge in [0.25, 0.3) is 0 Å². The maximum absolute atomic E-state index is 5.70. The zero-order valence-corrected chi connectivity index (χ0v) is 13.5. The van der Waals surface area contributed by atoms with Gasteiger partial charge in [0.05, 0.1) is 12.3 Å². The number of nitrogens with two attached hydrogens (primary N) is 1. The molecule has 0 unspecified atom stereocenters. The minimum absolute atomic E-state index is 0.275. The van der Waals surface area contributed by atoms with Crippen molar-refractivity contribution in [2.75, 3.05) is 0 Å². The molecule has 0 spiro atoms. The average molecular weight is 310 g/mol. The van der Waals surface area contributed by atoms with E-state index < -0.39 is 0 Å². The number of aryl methyl sites for hydroxylation is 1. The number of nitrogens with zero attached hydrogens (tertiary/aromatic N) is 7. The molecular weight excluding hydrogens is 288 g/mol. The molecule has 9 heteroatoms. The van der Waals surface area contributed by atoms with Crippen molar-refractivity contribution in [2.45, 2.75) is 63.7 Å². The third-order valence-corrected chi connectivity index (χ3v) is 4.03. The summed E-state index contributed by atoms with van der Waals surface area (Å²) >= 11 is 1.59. The van der Waals surface area contributed by atoms with Gasteiger partial charge in [-0.2, -0.15) is 0 Å². The molecule has 0 aliphatic rings. The predicted molar refractivity (Wildman–Crippen MR) is 80.6 cm³/mol. The molecule has 2 aromatic rings. The van der Waals surface area contributed by atoms with Crippen molar-refractivity contribution in [1.82, 2.24) is 35.0 Å². The first-order valence-electron chi connectivity index (χ1n) is 7.19. The lowest BCUT2D eigenvalue weighted by Gasteiger charge is -2.12. The summed E-state index contributed by atoms with van der Waals surface area (Å²) in [4.78, 5) is 0. The molecule has 2 heterocycles. The van der Waals surface area contributed by atoms with Crippen LogP contribution in [0, 0.1) is 0 Å². The van der Waals surface area contributed by atoms with Crippen molar-refractivity contribution in [3.8, 4) is 0 Å². The van der Waals surface area contributed by atoms with E-state index in [1.807, 2.05) is 4.68 Å². The van der Waals surface area contributed by atoms with E-state index in [0.29, 0.717) is 12.3 Å². The molecule has 2 N–H and O–H groups in total. The standard InChI is InChI=1S/C12H22N8S/c1-4-5-6-19-11(15-17-18-19)8-21-12-16-14-10(7-13)20(12)9(2)3/h9H,4-8,13H2,1-3H3. The van der Waals surface area contributed by atoms with Gasteiger partial charge < -0.3 is 10.3 Å². The van der Waals surface area contributed by atoms with Crippen molar-refractivity contribution in [3.05, 3.63) is 11.6 Å². The van der Waals surface area contributed by atoms with Crippen LogP contribution < -0.4 is 5.73 Å². The lowest BCUT2D eigenvalue weighted by molar-refractivity contribution is 0.525. The molecule has 0 saturated carbocycles. The molecule has 2 aromatic heterocycles. The Balaban J connectivity index is 2.06. The van der Waals surface area contributed by atoms with Crippen LogP contribution in [0.2, 0.25) is 0 Å². The van der Waals surface area contributed by atoms with Gasteiger partial charge in [-0.05, 0) is 30.7 Å². The summed E-state index contributed by atoms with van der Waals surface area (Å²) in [7, 11) is 0. The molecule has 0 aliphatic heterocycles. The first-order chi connectivity index (χ1) is 10.2. The Kier molecular flexibility index (Phi) is 5.68. The highest BCUT2D eigenvalue weighted by molar-refractivity contribution is 7.98. The maximum atomic E-state index is 5.70. The molecule has 0 atom stereocenters. The summed E-state index contributed by atoms with van der Waals surface area (Å²) in [6.07, 6.45) is 2.19. The summed E-state index contributed by atoms with van der Waals surface area (Å²) in [6, 6.07) is 0.275. The Morgan fingerprint density at radius 2 is 2.00 bits per heavy atom. The van der Waals surface area contributed by atoms with E-state index in [1.54, 1.807) is 11.8 Å². The molecule has 0 aromatic carbocycles. The summed E-state index contributed by atoms with van der Waals surface area (Å²) in [5, 5.41) is 21.1. The fraction of sp³-hybridized carbons (Fsp3) is 0.750. The van der Waals surface area contributed by atoms with E-state index in [-0.39, 0.29) is 6.04 Å². The van der Waals surface area contributed by atoms with E-state index in [0.717, 1.165) is 36.2 Å². The Labute approximate surface area is 128 Å². The molecule has 0 bridgehead atoms. The summed E-state index contributed by atoms with van der Waals surface area (Å²) in [6.45, 7) is 7.58. The lowest BCUT2D eigenvalue weighted by atomic mass is 10.3. The second-order valence-electron chi connectivity index (χ2n) is 5.03. The second-order valence-corrected chi connectivity index (χ2v) is 5.97. The van der Waals surface area contributed by atoms with Gasteiger partial charge in [0.15, 0.2) is 11.0 Å². The zero-order valence-electron chi connectivity index (χ0n) is 12.7. The topological polar surface area (TPSA) is 100 Å². The van der Waals surface area contributed by atoms with E-state index in [4.69, 9.17) is 5.73 Å². The van der Waals surface area contributed by atoms with Crippen LogP contribution in [0.3, 0.4) is 0 Å².